The van der Waals surface area contributed by atoms with Gasteiger partial charge < -0.3 is 19.1 Å². The van der Waals surface area contributed by atoms with Crippen molar-refractivity contribution in [2.75, 3.05) is 33.4 Å². The summed E-state index contributed by atoms with van der Waals surface area (Å²) in [5.41, 5.74) is 2.76. The molecule has 2 fully saturated rings. The Morgan fingerprint density at radius 1 is 0.927 bits per heavy atom. The third-order valence-electron chi connectivity index (χ3n) is 7.79. The molecule has 41 heavy (non-hydrogen) atoms. The second kappa shape index (κ2) is 12.1. The Labute approximate surface area is 239 Å². The molecule has 0 saturated carbocycles. The molecule has 0 atom stereocenters. The summed E-state index contributed by atoms with van der Waals surface area (Å²) in [6, 6.07) is 17.3. The summed E-state index contributed by atoms with van der Waals surface area (Å²) in [6.45, 7) is 5.29. The lowest BCUT2D eigenvalue weighted by Gasteiger charge is -2.29. The molecule has 2 saturated heterocycles. The Hall–Kier alpha value is -4.19. The van der Waals surface area contributed by atoms with E-state index >= 15 is 0 Å². The zero-order chi connectivity index (χ0) is 28.2. The summed E-state index contributed by atoms with van der Waals surface area (Å²) in [7, 11) is 2.14. The first-order chi connectivity index (χ1) is 20.0. The topological polar surface area (TPSA) is 78.7 Å². The van der Waals surface area contributed by atoms with Gasteiger partial charge in [0.2, 0.25) is 0 Å². The van der Waals surface area contributed by atoms with Crippen molar-refractivity contribution in [3.8, 4) is 29.4 Å². The molecule has 2 aliphatic rings. The van der Waals surface area contributed by atoms with Gasteiger partial charge in [0.15, 0.2) is 0 Å². The van der Waals surface area contributed by atoms with Crippen molar-refractivity contribution in [1.82, 2.24) is 19.4 Å². The molecule has 2 aromatic heterocycles. The molecule has 0 N–H and O–H groups in total. The third-order valence-corrected chi connectivity index (χ3v) is 7.79. The minimum absolute atomic E-state index is 0.0438. The molecule has 8 heteroatoms. The first-order valence-electron chi connectivity index (χ1n) is 14.2. The third kappa shape index (κ3) is 6.27. The van der Waals surface area contributed by atoms with Gasteiger partial charge >= 0.3 is 6.01 Å². The van der Waals surface area contributed by atoms with E-state index in [1.807, 2.05) is 55.5 Å². The average Bonchev–Trinajstić information content (AvgIpc) is 2.99. The van der Waals surface area contributed by atoms with Crippen LogP contribution in [0.1, 0.15) is 48.4 Å². The fourth-order valence-electron chi connectivity index (χ4n) is 5.36. The van der Waals surface area contributed by atoms with Gasteiger partial charge in [-0.15, -0.1) is 0 Å². The first-order valence-corrected chi connectivity index (χ1v) is 14.2. The molecule has 0 amide bonds. The molecule has 2 aliphatic heterocycles. The van der Waals surface area contributed by atoms with Crippen LogP contribution in [0, 0.1) is 18.8 Å². The molecule has 0 spiro atoms. The smallest absolute Gasteiger partial charge is 0.323 e. The molecule has 2 aromatic carbocycles. The largest absolute Gasteiger partial charge is 0.490 e. The second-order valence-corrected chi connectivity index (χ2v) is 10.8. The number of fused-ring (bicyclic) bond motifs is 1. The summed E-state index contributed by atoms with van der Waals surface area (Å²) in [4.78, 5) is 25.3. The fourth-order valence-corrected chi connectivity index (χ4v) is 5.36. The van der Waals surface area contributed by atoms with Gasteiger partial charge in [0.1, 0.15) is 23.3 Å². The number of aromatic nitrogens is 3. The molecule has 8 nitrogen and oxygen atoms in total. The van der Waals surface area contributed by atoms with Crippen LogP contribution < -0.4 is 15.0 Å². The van der Waals surface area contributed by atoms with Crippen LogP contribution in [0.15, 0.2) is 65.6 Å². The number of hydrogen-bond acceptors (Lipinski definition) is 7. The molecule has 0 bridgehead atoms. The van der Waals surface area contributed by atoms with E-state index in [1.54, 1.807) is 16.8 Å². The zero-order valence-corrected chi connectivity index (χ0v) is 23.5. The van der Waals surface area contributed by atoms with Crippen molar-refractivity contribution in [2.24, 2.45) is 0 Å². The Balaban J connectivity index is 1.28. The Morgan fingerprint density at radius 3 is 2.39 bits per heavy atom. The van der Waals surface area contributed by atoms with Gasteiger partial charge in [-0.2, -0.15) is 4.98 Å². The van der Waals surface area contributed by atoms with E-state index in [0.717, 1.165) is 61.0 Å². The number of piperidine rings is 1. The maximum atomic E-state index is 13.8. The molecule has 210 valence electrons. The van der Waals surface area contributed by atoms with E-state index in [2.05, 4.69) is 28.8 Å². The van der Waals surface area contributed by atoms with E-state index in [-0.39, 0.29) is 23.7 Å². The average molecular weight is 551 g/mol. The fraction of sp³-hybridized carbons (Fsp3) is 0.364. The Bertz CT molecular complexity index is 1640. The van der Waals surface area contributed by atoms with Gasteiger partial charge in [-0.1, -0.05) is 30.0 Å². The highest BCUT2D eigenvalue weighted by atomic mass is 16.5. The van der Waals surface area contributed by atoms with Gasteiger partial charge in [-0.25, -0.2) is 4.98 Å². The molecule has 0 radical (unpaired) electrons. The number of rotatable bonds is 5. The highest BCUT2D eigenvalue weighted by molar-refractivity contribution is 5.76. The summed E-state index contributed by atoms with van der Waals surface area (Å²) in [5, 5.41) is 0.736. The van der Waals surface area contributed by atoms with Crippen LogP contribution in [0.3, 0.4) is 0 Å². The molecule has 6 rings (SSSR count). The highest BCUT2D eigenvalue weighted by Crippen LogP contribution is 2.27. The van der Waals surface area contributed by atoms with E-state index < -0.39 is 0 Å². The van der Waals surface area contributed by atoms with Gasteiger partial charge in [0.25, 0.3) is 5.56 Å². The Morgan fingerprint density at radius 2 is 1.63 bits per heavy atom. The predicted octanol–water partition coefficient (Wildman–Crippen LogP) is 5.12. The molecule has 0 unspecified atom stereocenters. The number of pyridine rings is 1. The monoisotopic (exact) mass is 550 g/mol. The van der Waals surface area contributed by atoms with Crippen molar-refractivity contribution in [1.29, 1.82) is 0 Å². The van der Waals surface area contributed by atoms with Crippen molar-refractivity contribution >= 4 is 11.0 Å². The first kappa shape index (κ1) is 27.0. The van der Waals surface area contributed by atoms with Gasteiger partial charge in [-0.05, 0) is 81.6 Å². The summed E-state index contributed by atoms with van der Waals surface area (Å²) in [5.74, 6) is 7.71. The number of aryl methyl sites for hydroxylation is 1. The van der Waals surface area contributed by atoms with E-state index in [9.17, 15) is 4.79 Å². The maximum absolute atomic E-state index is 13.8. The van der Waals surface area contributed by atoms with Crippen LogP contribution in [0.4, 0.5) is 0 Å². The number of benzene rings is 2. The molecular weight excluding hydrogens is 516 g/mol. The van der Waals surface area contributed by atoms with Crippen molar-refractivity contribution < 1.29 is 14.2 Å². The SMILES string of the molecule is Cc1ccccc1C#Cc1cc2cnc(Oc3ccc(OC4CCN(C)CC4)cc3)nc2n(C2CCOCC2)c1=O. The minimum atomic E-state index is -0.162. The summed E-state index contributed by atoms with van der Waals surface area (Å²) >= 11 is 0. The van der Waals surface area contributed by atoms with Gasteiger partial charge in [0, 0.05) is 49.5 Å². The minimum Gasteiger partial charge on any atom is -0.490 e. The zero-order valence-electron chi connectivity index (χ0n) is 23.5. The summed E-state index contributed by atoms with van der Waals surface area (Å²) in [6.07, 6.45) is 5.42. The van der Waals surface area contributed by atoms with Crippen molar-refractivity contribution in [3.63, 3.8) is 0 Å². The van der Waals surface area contributed by atoms with Gasteiger partial charge in [-0.3, -0.25) is 9.36 Å². The summed E-state index contributed by atoms with van der Waals surface area (Å²) < 4.78 is 19.5. The van der Waals surface area contributed by atoms with Crippen LogP contribution in [-0.4, -0.2) is 58.9 Å². The van der Waals surface area contributed by atoms with Crippen LogP contribution in [0.2, 0.25) is 0 Å². The van der Waals surface area contributed by atoms with Crippen LogP contribution >= 0.6 is 0 Å². The normalized spacial score (nSPS) is 16.7. The van der Waals surface area contributed by atoms with E-state index in [4.69, 9.17) is 19.2 Å². The van der Waals surface area contributed by atoms with Gasteiger partial charge in [0.05, 0.1) is 5.56 Å². The standard InChI is InChI=1S/C33H34N4O4/c1-23-5-3-4-6-24(23)7-8-25-21-26-22-34-33(35-31(26)37(32(25)38)27-15-19-39-20-16-27)41-29-11-9-28(10-12-29)40-30-13-17-36(2)18-14-30/h3-6,9-12,21-22,27,30H,13-20H2,1-2H3. The van der Waals surface area contributed by atoms with Crippen molar-refractivity contribution in [2.45, 2.75) is 44.8 Å². The Kier molecular flexibility index (Phi) is 7.99. The second-order valence-electron chi connectivity index (χ2n) is 10.8. The quantitative estimate of drug-likeness (QED) is 0.319. The number of hydrogen-bond donors (Lipinski definition) is 0. The predicted molar refractivity (Wildman–Crippen MR) is 158 cm³/mol. The number of nitrogens with zero attached hydrogens (tertiary/aromatic N) is 4. The lowest BCUT2D eigenvalue weighted by molar-refractivity contribution is 0.0696. The van der Waals surface area contributed by atoms with Crippen LogP contribution in [0.5, 0.6) is 17.5 Å². The molecule has 4 aromatic rings. The van der Waals surface area contributed by atoms with Crippen LogP contribution in [0.25, 0.3) is 11.0 Å². The number of ether oxygens (including phenoxy) is 3. The molecule has 4 heterocycles. The number of likely N-dealkylation sites (tertiary alicyclic amines) is 1. The van der Waals surface area contributed by atoms with Crippen LogP contribution in [-0.2, 0) is 4.74 Å². The highest BCUT2D eigenvalue weighted by Gasteiger charge is 2.22. The molecular formula is C33H34N4O4. The van der Waals surface area contributed by atoms with E-state index in [0.29, 0.717) is 30.2 Å². The lowest BCUT2D eigenvalue weighted by atomic mass is 10.1. The molecule has 0 aliphatic carbocycles. The lowest BCUT2D eigenvalue weighted by Crippen LogP contribution is -2.35. The maximum Gasteiger partial charge on any atom is 0.323 e. The van der Waals surface area contributed by atoms with Crippen molar-refractivity contribution in [3.05, 3.63) is 87.8 Å². The van der Waals surface area contributed by atoms with E-state index in [1.165, 1.54) is 0 Å².